The van der Waals surface area contributed by atoms with Gasteiger partial charge in [0, 0.05) is 50.9 Å². The predicted molar refractivity (Wildman–Crippen MR) is 117 cm³/mol. The minimum atomic E-state index is -0.116. The third kappa shape index (κ3) is 6.27. The van der Waals surface area contributed by atoms with Crippen molar-refractivity contribution in [1.29, 1.82) is 0 Å². The number of piperazine rings is 1. The van der Waals surface area contributed by atoms with E-state index in [9.17, 15) is 14.4 Å². The summed E-state index contributed by atoms with van der Waals surface area (Å²) in [5, 5.41) is 0. The van der Waals surface area contributed by atoms with Crippen LogP contribution in [0.5, 0.6) is 11.5 Å². The number of carbonyl (C=O) groups is 3. The topological polar surface area (TPSA) is 88.6 Å². The van der Waals surface area contributed by atoms with E-state index in [4.69, 9.17) is 14.2 Å². The molecule has 2 fully saturated rings. The van der Waals surface area contributed by atoms with Crippen molar-refractivity contribution in [2.75, 3.05) is 78.2 Å². The van der Waals surface area contributed by atoms with Crippen LogP contribution in [0.25, 0.3) is 0 Å². The van der Waals surface area contributed by atoms with Crippen molar-refractivity contribution in [3.05, 3.63) is 23.8 Å². The van der Waals surface area contributed by atoms with E-state index in [2.05, 4.69) is 0 Å². The lowest BCUT2D eigenvalue weighted by Gasteiger charge is -2.35. The Morgan fingerprint density at radius 2 is 1.29 bits per heavy atom. The number of hydrogen-bond donors (Lipinski definition) is 0. The second-order valence-electron chi connectivity index (χ2n) is 7.26. The zero-order chi connectivity index (χ0) is 22.2. The SMILES string of the molecule is COc1cc(OC)cc(C(=O)N2CCN(C(=O)CSCC(=O)N3CCOCC3)CC2)c1. The number of morpholine rings is 1. The van der Waals surface area contributed by atoms with Crippen LogP contribution in [0.3, 0.4) is 0 Å². The number of thioether (sulfide) groups is 1. The second-order valence-corrected chi connectivity index (χ2v) is 8.25. The maximum absolute atomic E-state index is 12.9. The number of methoxy groups -OCH3 is 2. The lowest BCUT2D eigenvalue weighted by atomic mass is 10.1. The Morgan fingerprint density at radius 3 is 1.81 bits per heavy atom. The number of hydrogen-bond acceptors (Lipinski definition) is 7. The monoisotopic (exact) mass is 451 g/mol. The number of rotatable bonds is 7. The Bertz CT molecular complexity index is 769. The average molecular weight is 452 g/mol. The Labute approximate surface area is 186 Å². The molecule has 10 heteroatoms. The third-order valence-corrected chi connectivity index (χ3v) is 6.23. The van der Waals surface area contributed by atoms with E-state index in [0.717, 1.165) is 0 Å². The molecule has 0 spiro atoms. The highest BCUT2D eigenvalue weighted by atomic mass is 32.2. The second kappa shape index (κ2) is 11.2. The first-order chi connectivity index (χ1) is 15.0. The van der Waals surface area contributed by atoms with E-state index in [0.29, 0.717) is 75.3 Å². The van der Waals surface area contributed by atoms with Crippen molar-refractivity contribution in [2.24, 2.45) is 0 Å². The molecule has 3 rings (SSSR count). The van der Waals surface area contributed by atoms with E-state index in [1.807, 2.05) is 0 Å². The molecule has 1 aromatic carbocycles. The summed E-state index contributed by atoms with van der Waals surface area (Å²) in [4.78, 5) is 42.8. The van der Waals surface area contributed by atoms with E-state index < -0.39 is 0 Å². The summed E-state index contributed by atoms with van der Waals surface area (Å²) in [6.07, 6.45) is 0. The summed E-state index contributed by atoms with van der Waals surface area (Å²) in [7, 11) is 3.08. The maximum atomic E-state index is 12.9. The van der Waals surface area contributed by atoms with E-state index in [1.165, 1.54) is 11.8 Å². The van der Waals surface area contributed by atoms with E-state index in [-0.39, 0.29) is 23.5 Å². The van der Waals surface area contributed by atoms with Crippen molar-refractivity contribution >= 4 is 29.5 Å². The minimum absolute atomic E-state index is 0.00470. The molecule has 170 valence electrons. The first kappa shape index (κ1) is 23.2. The van der Waals surface area contributed by atoms with Crippen LogP contribution < -0.4 is 9.47 Å². The van der Waals surface area contributed by atoms with Crippen LogP contribution in [-0.4, -0.2) is 111 Å². The number of benzene rings is 1. The van der Waals surface area contributed by atoms with Crippen LogP contribution in [0, 0.1) is 0 Å². The molecule has 0 N–H and O–H groups in total. The first-order valence-electron chi connectivity index (χ1n) is 10.2. The summed E-state index contributed by atoms with van der Waals surface area (Å²) in [5.74, 6) is 1.59. The van der Waals surface area contributed by atoms with Gasteiger partial charge in [-0.15, -0.1) is 11.8 Å². The van der Waals surface area contributed by atoms with Gasteiger partial charge in [0.25, 0.3) is 5.91 Å². The van der Waals surface area contributed by atoms with Gasteiger partial charge < -0.3 is 28.9 Å². The molecule has 2 heterocycles. The predicted octanol–water partition coefficient (Wildman–Crippen LogP) is 0.580. The highest BCUT2D eigenvalue weighted by Gasteiger charge is 2.26. The zero-order valence-electron chi connectivity index (χ0n) is 18.0. The minimum Gasteiger partial charge on any atom is -0.497 e. The lowest BCUT2D eigenvalue weighted by Crippen LogP contribution is -2.51. The molecular formula is C21H29N3O6S. The van der Waals surface area contributed by atoms with Crippen LogP contribution in [-0.2, 0) is 14.3 Å². The van der Waals surface area contributed by atoms with Crippen LogP contribution in [0.15, 0.2) is 18.2 Å². The summed E-state index contributed by atoms with van der Waals surface area (Å²) < 4.78 is 15.7. The summed E-state index contributed by atoms with van der Waals surface area (Å²) in [6.45, 7) is 4.24. The van der Waals surface area contributed by atoms with Crippen LogP contribution in [0.4, 0.5) is 0 Å². The molecule has 0 radical (unpaired) electrons. The molecule has 0 unspecified atom stereocenters. The average Bonchev–Trinajstić information content (AvgIpc) is 2.83. The van der Waals surface area contributed by atoms with Crippen molar-refractivity contribution in [3.63, 3.8) is 0 Å². The normalized spacial score (nSPS) is 16.8. The molecule has 0 atom stereocenters. The highest BCUT2D eigenvalue weighted by molar-refractivity contribution is 8.00. The van der Waals surface area contributed by atoms with Gasteiger partial charge in [-0.2, -0.15) is 0 Å². The molecule has 0 aliphatic carbocycles. The molecule has 3 amide bonds. The summed E-state index contributed by atoms with van der Waals surface area (Å²) in [6, 6.07) is 5.09. The summed E-state index contributed by atoms with van der Waals surface area (Å²) >= 11 is 1.34. The fourth-order valence-electron chi connectivity index (χ4n) is 3.49. The standard InChI is InChI=1S/C21H29N3O6S/c1-28-17-11-16(12-18(13-17)29-2)21(27)24-5-3-22(4-6-24)19(25)14-31-15-20(26)23-7-9-30-10-8-23/h11-13H,3-10,14-15H2,1-2H3. The largest absolute Gasteiger partial charge is 0.497 e. The van der Waals surface area contributed by atoms with Crippen molar-refractivity contribution in [2.45, 2.75) is 0 Å². The fraction of sp³-hybridized carbons (Fsp3) is 0.571. The number of ether oxygens (including phenoxy) is 3. The van der Waals surface area contributed by atoms with E-state index >= 15 is 0 Å². The van der Waals surface area contributed by atoms with Gasteiger partial charge in [-0.1, -0.05) is 0 Å². The van der Waals surface area contributed by atoms with Gasteiger partial charge in [0.2, 0.25) is 11.8 Å². The molecule has 0 aromatic heterocycles. The molecule has 0 saturated carbocycles. The first-order valence-corrected chi connectivity index (χ1v) is 11.4. The summed E-state index contributed by atoms with van der Waals surface area (Å²) in [5.41, 5.74) is 0.494. The molecule has 1 aromatic rings. The van der Waals surface area contributed by atoms with Crippen molar-refractivity contribution in [1.82, 2.24) is 14.7 Å². The van der Waals surface area contributed by atoms with Gasteiger partial charge in [-0.25, -0.2) is 0 Å². The molecule has 31 heavy (non-hydrogen) atoms. The molecule has 0 bridgehead atoms. The highest BCUT2D eigenvalue weighted by Crippen LogP contribution is 2.24. The molecular weight excluding hydrogens is 422 g/mol. The molecule has 2 aliphatic heterocycles. The third-order valence-electron chi connectivity index (χ3n) is 5.33. The molecule has 2 saturated heterocycles. The van der Waals surface area contributed by atoms with Crippen molar-refractivity contribution in [3.8, 4) is 11.5 Å². The van der Waals surface area contributed by atoms with Gasteiger partial charge in [0.05, 0.1) is 38.9 Å². The zero-order valence-corrected chi connectivity index (χ0v) is 18.8. The van der Waals surface area contributed by atoms with E-state index in [1.54, 1.807) is 47.1 Å². The molecule has 2 aliphatic rings. The van der Waals surface area contributed by atoms with Gasteiger partial charge in [-0.05, 0) is 12.1 Å². The molecule has 9 nitrogen and oxygen atoms in total. The Morgan fingerprint density at radius 1 is 0.806 bits per heavy atom. The number of carbonyl (C=O) groups excluding carboxylic acids is 3. The van der Waals surface area contributed by atoms with Gasteiger partial charge in [0.1, 0.15) is 11.5 Å². The Hall–Kier alpha value is -2.46. The van der Waals surface area contributed by atoms with Crippen molar-refractivity contribution < 1.29 is 28.6 Å². The van der Waals surface area contributed by atoms with Gasteiger partial charge in [-0.3, -0.25) is 14.4 Å². The smallest absolute Gasteiger partial charge is 0.254 e. The van der Waals surface area contributed by atoms with Crippen LogP contribution in [0.2, 0.25) is 0 Å². The van der Waals surface area contributed by atoms with Gasteiger partial charge in [0.15, 0.2) is 0 Å². The number of nitrogens with zero attached hydrogens (tertiary/aromatic N) is 3. The van der Waals surface area contributed by atoms with Gasteiger partial charge >= 0.3 is 0 Å². The maximum Gasteiger partial charge on any atom is 0.254 e. The fourth-order valence-corrected chi connectivity index (χ4v) is 4.31. The Kier molecular flexibility index (Phi) is 8.42. The lowest BCUT2D eigenvalue weighted by molar-refractivity contribution is -0.132. The van der Waals surface area contributed by atoms with Crippen LogP contribution in [0.1, 0.15) is 10.4 Å². The number of amides is 3. The Balaban J connectivity index is 1.44. The quantitative estimate of drug-likeness (QED) is 0.599. The van der Waals surface area contributed by atoms with Crippen LogP contribution >= 0.6 is 11.8 Å².